The third-order valence-electron chi connectivity index (χ3n) is 4.44. The van der Waals surface area contributed by atoms with Gasteiger partial charge in [-0.1, -0.05) is 19.3 Å². The van der Waals surface area contributed by atoms with Gasteiger partial charge in [-0.25, -0.2) is 0 Å². The summed E-state index contributed by atoms with van der Waals surface area (Å²) in [6.07, 6.45) is 9.76. The van der Waals surface area contributed by atoms with E-state index < -0.39 is 0 Å². The number of hydrogen-bond donors (Lipinski definition) is 1. The van der Waals surface area contributed by atoms with E-state index in [1.165, 1.54) is 32.1 Å². The molecule has 3 nitrogen and oxygen atoms in total. The van der Waals surface area contributed by atoms with E-state index in [-0.39, 0.29) is 5.54 Å². The minimum absolute atomic E-state index is 0.0112. The van der Waals surface area contributed by atoms with Gasteiger partial charge >= 0.3 is 0 Å². The molecule has 2 unspecified atom stereocenters. The molecule has 0 aromatic carbocycles. The second-order valence-corrected chi connectivity index (χ2v) is 5.89. The van der Waals surface area contributed by atoms with Crippen LogP contribution in [0, 0.1) is 5.92 Å². The average Bonchev–Trinajstić information content (AvgIpc) is 3.17. The molecule has 0 aromatic rings. The van der Waals surface area contributed by atoms with Crippen LogP contribution in [0.25, 0.3) is 0 Å². The van der Waals surface area contributed by atoms with Crippen molar-refractivity contribution in [3.05, 3.63) is 0 Å². The Bertz CT molecular complexity index is 228. The Morgan fingerprint density at radius 3 is 1.88 bits per heavy atom. The smallest absolute Gasteiger partial charge is 0.0827 e. The lowest BCUT2D eigenvalue weighted by molar-refractivity contribution is 0.154. The number of rotatable bonds is 5. The number of nitrogens with two attached hydrogens (primary N) is 1. The summed E-state index contributed by atoms with van der Waals surface area (Å²) in [5.74, 6) is 0.703. The SMILES string of the molecule is NC(CC1CO1)(CC1CO1)C1CCCCC1. The summed E-state index contributed by atoms with van der Waals surface area (Å²) in [5, 5.41) is 0. The monoisotopic (exact) mass is 225 g/mol. The lowest BCUT2D eigenvalue weighted by Gasteiger charge is -2.39. The van der Waals surface area contributed by atoms with Gasteiger partial charge in [0.1, 0.15) is 0 Å². The molecule has 2 heterocycles. The normalized spacial score (nSPS) is 38.1. The summed E-state index contributed by atoms with van der Waals surface area (Å²) in [5.41, 5.74) is 6.68. The van der Waals surface area contributed by atoms with E-state index in [9.17, 15) is 0 Å². The van der Waals surface area contributed by atoms with E-state index in [4.69, 9.17) is 15.2 Å². The zero-order valence-electron chi connectivity index (χ0n) is 9.99. The largest absolute Gasteiger partial charge is 0.373 e. The molecule has 92 valence electrons. The van der Waals surface area contributed by atoms with E-state index in [1.54, 1.807) is 0 Å². The van der Waals surface area contributed by atoms with Crippen molar-refractivity contribution in [2.75, 3.05) is 13.2 Å². The Morgan fingerprint density at radius 1 is 0.938 bits per heavy atom. The second-order valence-electron chi connectivity index (χ2n) is 5.89. The van der Waals surface area contributed by atoms with Crippen LogP contribution in [0.1, 0.15) is 44.9 Å². The first-order chi connectivity index (χ1) is 7.76. The van der Waals surface area contributed by atoms with Gasteiger partial charge in [0.15, 0.2) is 0 Å². The summed E-state index contributed by atoms with van der Waals surface area (Å²) >= 11 is 0. The van der Waals surface area contributed by atoms with Gasteiger partial charge in [0.25, 0.3) is 0 Å². The highest BCUT2D eigenvalue weighted by Crippen LogP contribution is 2.40. The molecule has 2 N–H and O–H groups in total. The van der Waals surface area contributed by atoms with Crippen LogP contribution in [0.5, 0.6) is 0 Å². The van der Waals surface area contributed by atoms with E-state index in [0.717, 1.165) is 26.1 Å². The molecule has 3 aliphatic rings. The van der Waals surface area contributed by atoms with Gasteiger partial charge in [-0.05, 0) is 31.6 Å². The highest BCUT2D eigenvalue weighted by atomic mass is 16.6. The van der Waals surface area contributed by atoms with Crippen LogP contribution < -0.4 is 5.73 Å². The Balaban J connectivity index is 1.64. The third kappa shape index (κ3) is 2.58. The Labute approximate surface area is 97.7 Å². The lowest BCUT2D eigenvalue weighted by Crippen LogP contribution is -2.50. The van der Waals surface area contributed by atoms with Crippen LogP contribution in [-0.2, 0) is 9.47 Å². The average molecular weight is 225 g/mol. The van der Waals surface area contributed by atoms with Crippen LogP contribution in [-0.4, -0.2) is 31.0 Å². The summed E-state index contributed by atoms with van der Waals surface area (Å²) in [6.45, 7) is 1.86. The van der Waals surface area contributed by atoms with Crippen molar-refractivity contribution in [1.82, 2.24) is 0 Å². The fraction of sp³-hybridized carbons (Fsp3) is 1.00. The predicted molar refractivity (Wildman–Crippen MR) is 62.2 cm³/mol. The molecule has 1 aliphatic carbocycles. The second kappa shape index (κ2) is 4.28. The van der Waals surface area contributed by atoms with Gasteiger partial charge in [-0.15, -0.1) is 0 Å². The standard InChI is InChI=1S/C13H23NO2/c14-13(6-11-8-15-11,7-12-9-16-12)10-4-2-1-3-5-10/h10-12H,1-9,14H2. The van der Waals surface area contributed by atoms with Crippen molar-refractivity contribution in [3.63, 3.8) is 0 Å². The molecule has 1 saturated carbocycles. The zero-order valence-corrected chi connectivity index (χ0v) is 9.99. The van der Waals surface area contributed by atoms with Gasteiger partial charge in [-0.3, -0.25) is 0 Å². The predicted octanol–water partition coefficient (Wildman–Crippen LogP) is 1.84. The molecule has 2 atom stereocenters. The number of hydrogen-bond acceptors (Lipinski definition) is 3. The van der Waals surface area contributed by atoms with Crippen LogP contribution in [0.15, 0.2) is 0 Å². The van der Waals surface area contributed by atoms with Crippen LogP contribution in [0.3, 0.4) is 0 Å². The van der Waals surface area contributed by atoms with Crippen LogP contribution in [0.2, 0.25) is 0 Å². The fourth-order valence-electron chi connectivity index (χ4n) is 3.31. The maximum atomic E-state index is 6.69. The minimum atomic E-state index is -0.0112. The highest BCUT2D eigenvalue weighted by Gasteiger charge is 2.44. The van der Waals surface area contributed by atoms with Gasteiger partial charge in [0.2, 0.25) is 0 Å². The molecule has 0 amide bonds. The van der Waals surface area contributed by atoms with Gasteiger partial charge < -0.3 is 15.2 Å². The molecule has 0 bridgehead atoms. The molecule has 2 saturated heterocycles. The molecule has 0 aromatic heterocycles. The van der Waals surface area contributed by atoms with Crippen LogP contribution in [0.4, 0.5) is 0 Å². The molecule has 3 fully saturated rings. The number of ether oxygens (including phenoxy) is 2. The Kier molecular flexibility index (Phi) is 2.94. The molecular weight excluding hydrogens is 202 g/mol. The summed E-state index contributed by atoms with van der Waals surface area (Å²) in [6, 6.07) is 0. The van der Waals surface area contributed by atoms with Crippen molar-refractivity contribution in [2.45, 2.75) is 62.7 Å². The van der Waals surface area contributed by atoms with Crippen molar-refractivity contribution in [1.29, 1.82) is 0 Å². The summed E-state index contributed by atoms with van der Waals surface area (Å²) in [4.78, 5) is 0. The molecule has 2 aliphatic heterocycles. The highest BCUT2D eigenvalue weighted by molar-refractivity contribution is 4.99. The van der Waals surface area contributed by atoms with E-state index >= 15 is 0 Å². The summed E-state index contributed by atoms with van der Waals surface area (Å²) in [7, 11) is 0. The van der Waals surface area contributed by atoms with Crippen LogP contribution >= 0.6 is 0 Å². The molecule has 16 heavy (non-hydrogen) atoms. The first kappa shape index (κ1) is 11.0. The lowest BCUT2D eigenvalue weighted by atomic mass is 9.71. The van der Waals surface area contributed by atoms with Crippen molar-refractivity contribution in [3.8, 4) is 0 Å². The van der Waals surface area contributed by atoms with E-state index in [1.807, 2.05) is 0 Å². The minimum Gasteiger partial charge on any atom is -0.373 e. The van der Waals surface area contributed by atoms with E-state index in [0.29, 0.717) is 18.1 Å². The molecule has 0 spiro atoms. The van der Waals surface area contributed by atoms with Gasteiger partial charge in [0.05, 0.1) is 25.4 Å². The topological polar surface area (TPSA) is 51.1 Å². The maximum absolute atomic E-state index is 6.69. The van der Waals surface area contributed by atoms with Gasteiger partial charge in [-0.2, -0.15) is 0 Å². The van der Waals surface area contributed by atoms with E-state index in [2.05, 4.69) is 0 Å². The van der Waals surface area contributed by atoms with Crippen molar-refractivity contribution >= 4 is 0 Å². The van der Waals surface area contributed by atoms with Gasteiger partial charge in [0, 0.05) is 5.54 Å². The zero-order chi connectivity index (χ0) is 11.0. The first-order valence-corrected chi connectivity index (χ1v) is 6.78. The Hall–Kier alpha value is -0.120. The van der Waals surface area contributed by atoms with Crippen molar-refractivity contribution in [2.24, 2.45) is 11.7 Å². The van der Waals surface area contributed by atoms with Crippen molar-refractivity contribution < 1.29 is 9.47 Å². The fourth-order valence-corrected chi connectivity index (χ4v) is 3.31. The molecule has 3 rings (SSSR count). The number of epoxide rings is 2. The molecule has 0 radical (unpaired) electrons. The summed E-state index contributed by atoms with van der Waals surface area (Å²) < 4.78 is 10.8. The Morgan fingerprint density at radius 2 is 1.44 bits per heavy atom. The first-order valence-electron chi connectivity index (χ1n) is 6.78. The maximum Gasteiger partial charge on any atom is 0.0827 e. The molecular formula is C13H23NO2. The third-order valence-corrected chi connectivity index (χ3v) is 4.44. The molecule has 3 heteroatoms. The quantitative estimate of drug-likeness (QED) is 0.726.